The van der Waals surface area contributed by atoms with Crippen molar-refractivity contribution in [3.8, 4) is 0 Å². The van der Waals surface area contributed by atoms with Crippen molar-refractivity contribution >= 4 is 35.1 Å². The monoisotopic (exact) mass is 301 g/mol. The molecule has 1 fully saturated rings. The number of esters is 1. The van der Waals surface area contributed by atoms with Crippen LogP contribution in [-0.2, 0) is 20.9 Å². The van der Waals surface area contributed by atoms with Gasteiger partial charge in [-0.25, -0.2) is 0 Å². The van der Waals surface area contributed by atoms with Crippen LogP contribution in [-0.4, -0.2) is 30.4 Å². The summed E-state index contributed by atoms with van der Waals surface area (Å²) in [6.07, 6.45) is 0.192. The minimum atomic E-state index is -0.386. The van der Waals surface area contributed by atoms with E-state index in [1.54, 1.807) is 23.1 Å². The van der Waals surface area contributed by atoms with Crippen LogP contribution in [0, 0.1) is 5.92 Å². The Balaban J connectivity index is 2.07. The van der Waals surface area contributed by atoms with E-state index >= 15 is 0 Å². The number of carbonyl (C=O) groups excluding carboxylic acids is 2. The minimum Gasteiger partial charge on any atom is -0.469 e. The molecule has 2 rings (SSSR count). The van der Waals surface area contributed by atoms with Gasteiger partial charge in [-0.1, -0.05) is 29.3 Å². The van der Waals surface area contributed by atoms with Gasteiger partial charge in [0.05, 0.1) is 13.0 Å². The van der Waals surface area contributed by atoms with E-state index in [1.807, 2.05) is 0 Å². The molecule has 1 saturated heterocycles. The molecule has 1 aliphatic rings. The first-order chi connectivity index (χ1) is 9.01. The fraction of sp³-hybridized carbons (Fsp3) is 0.385. The number of ether oxygens (including phenoxy) is 1. The maximum absolute atomic E-state index is 11.8. The molecule has 0 saturated carbocycles. The maximum atomic E-state index is 11.8. The van der Waals surface area contributed by atoms with Crippen LogP contribution in [0.1, 0.15) is 12.0 Å². The van der Waals surface area contributed by atoms with Gasteiger partial charge in [-0.3, -0.25) is 9.59 Å². The Hall–Kier alpha value is -1.26. The Bertz CT molecular complexity index is 519. The van der Waals surface area contributed by atoms with Gasteiger partial charge in [0.1, 0.15) is 0 Å². The predicted molar refractivity (Wildman–Crippen MR) is 72.0 cm³/mol. The lowest BCUT2D eigenvalue weighted by Gasteiger charge is -2.17. The highest BCUT2D eigenvalue weighted by Gasteiger charge is 2.35. The summed E-state index contributed by atoms with van der Waals surface area (Å²) in [5.74, 6) is -0.803. The van der Waals surface area contributed by atoms with Crippen LogP contribution in [0.5, 0.6) is 0 Å². The first kappa shape index (κ1) is 14.2. The quantitative estimate of drug-likeness (QED) is 0.806. The van der Waals surface area contributed by atoms with Crippen LogP contribution < -0.4 is 0 Å². The molecule has 1 aliphatic heterocycles. The van der Waals surface area contributed by atoms with Crippen molar-refractivity contribution in [3.05, 3.63) is 33.8 Å². The lowest BCUT2D eigenvalue weighted by atomic mass is 10.1. The van der Waals surface area contributed by atoms with Gasteiger partial charge in [0.2, 0.25) is 5.91 Å². The van der Waals surface area contributed by atoms with Gasteiger partial charge in [0, 0.05) is 29.6 Å². The third-order valence-corrected chi connectivity index (χ3v) is 3.71. The van der Waals surface area contributed by atoms with Gasteiger partial charge in [-0.2, -0.15) is 0 Å². The van der Waals surface area contributed by atoms with Gasteiger partial charge >= 0.3 is 5.97 Å². The normalized spacial score (nSPS) is 18.8. The molecule has 1 aromatic carbocycles. The second kappa shape index (κ2) is 5.80. The average molecular weight is 302 g/mol. The number of hydrogen-bond acceptors (Lipinski definition) is 3. The zero-order valence-electron chi connectivity index (χ0n) is 10.4. The summed E-state index contributed by atoms with van der Waals surface area (Å²) in [6, 6.07) is 5.14. The molecule has 19 heavy (non-hydrogen) atoms. The molecule has 1 amide bonds. The highest BCUT2D eigenvalue weighted by atomic mass is 35.5. The van der Waals surface area contributed by atoms with E-state index in [1.165, 1.54) is 7.11 Å². The van der Waals surface area contributed by atoms with E-state index in [0.29, 0.717) is 23.1 Å². The molecule has 0 aliphatic carbocycles. The van der Waals surface area contributed by atoms with Crippen LogP contribution in [0.2, 0.25) is 10.0 Å². The van der Waals surface area contributed by atoms with Crippen molar-refractivity contribution in [3.63, 3.8) is 0 Å². The number of methoxy groups -OCH3 is 1. The Morgan fingerprint density at radius 1 is 1.47 bits per heavy atom. The molecule has 0 radical (unpaired) electrons. The predicted octanol–water partition coefficient (Wildman–Crippen LogP) is 2.51. The lowest BCUT2D eigenvalue weighted by Crippen LogP contribution is -2.26. The van der Waals surface area contributed by atoms with E-state index in [0.717, 1.165) is 5.56 Å². The largest absolute Gasteiger partial charge is 0.469 e. The second-order valence-electron chi connectivity index (χ2n) is 4.43. The Morgan fingerprint density at radius 2 is 2.21 bits per heavy atom. The fourth-order valence-electron chi connectivity index (χ4n) is 2.11. The molecule has 0 bridgehead atoms. The second-order valence-corrected chi connectivity index (χ2v) is 5.28. The van der Waals surface area contributed by atoms with Crippen LogP contribution in [0.15, 0.2) is 18.2 Å². The van der Waals surface area contributed by atoms with Crippen LogP contribution in [0.25, 0.3) is 0 Å². The Labute approximate surface area is 121 Å². The van der Waals surface area contributed by atoms with Crippen molar-refractivity contribution < 1.29 is 14.3 Å². The standard InChI is InChI=1S/C13H13Cl2NO3/c1-19-13(18)9-4-12(17)16(7-9)6-8-2-3-10(14)5-11(8)15/h2-3,5,9H,4,6-7H2,1H3. The third-order valence-electron chi connectivity index (χ3n) is 3.13. The summed E-state index contributed by atoms with van der Waals surface area (Å²) >= 11 is 11.9. The summed E-state index contributed by atoms with van der Waals surface area (Å²) in [7, 11) is 1.32. The maximum Gasteiger partial charge on any atom is 0.310 e. The lowest BCUT2D eigenvalue weighted by molar-refractivity contribution is -0.145. The molecule has 1 atom stereocenters. The van der Waals surface area contributed by atoms with Crippen molar-refractivity contribution in [1.82, 2.24) is 4.90 Å². The zero-order valence-corrected chi connectivity index (χ0v) is 11.9. The Kier molecular flexibility index (Phi) is 4.32. The molecular formula is C13H13Cl2NO3. The van der Waals surface area contributed by atoms with E-state index in [2.05, 4.69) is 4.74 Å². The molecule has 0 aromatic heterocycles. The molecule has 6 heteroatoms. The van der Waals surface area contributed by atoms with Gasteiger partial charge in [0.15, 0.2) is 0 Å². The molecule has 1 aromatic rings. The fourth-order valence-corrected chi connectivity index (χ4v) is 2.57. The number of nitrogens with zero attached hydrogens (tertiary/aromatic N) is 1. The summed E-state index contributed by atoms with van der Waals surface area (Å²) in [5, 5.41) is 1.07. The molecular weight excluding hydrogens is 289 g/mol. The Morgan fingerprint density at radius 3 is 2.84 bits per heavy atom. The topological polar surface area (TPSA) is 46.6 Å². The molecule has 1 unspecified atom stereocenters. The minimum absolute atomic E-state index is 0.0681. The summed E-state index contributed by atoms with van der Waals surface area (Å²) in [4.78, 5) is 24.9. The van der Waals surface area contributed by atoms with E-state index < -0.39 is 0 Å². The van der Waals surface area contributed by atoms with Crippen LogP contribution >= 0.6 is 23.2 Å². The van der Waals surface area contributed by atoms with E-state index in [9.17, 15) is 9.59 Å². The number of likely N-dealkylation sites (tertiary alicyclic amines) is 1. The van der Waals surface area contributed by atoms with Crippen molar-refractivity contribution in [1.29, 1.82) is 0 Å². The van der Waals surface area contributed by atoms with Gasteiger partial charge in [-0.15, -0.1) is 0 Å². The molecule has 0 spiro atoms. The summed E-state index contributed by atoms with van der Waals surface area (Å²) < 4.78 is 4.66. The third kappa shape index (κ3) is 3.19. The summed E-state index contributed by atoms with van der Waals surface area (Å²) in [6.45, 7) is 0.743. The van der Waals surface area contributed by atoms with E-state index in [-0.39, 0.29) is 24.2 Å². The average Bonchev–Trinajstić information content (AvgIpc) is 2.73. The number of hydrogen-bond donors (Lipinski definition) is 0. The number of benzene rings is 1. The number of halogens is 2. The SMILES string of the molecule is COC(=O)C1CC(=O)N(Cc2ccc(Cl)cc2Cl)C1. The van der Waals surface area contributed by atoms with Gasteiger partial charge < -0.3 is 9.64 Å². The van der Waals surface area contributed by atoms with Crippen LogP contribution in [0.4, 0.5) is 0 Å². The molecule has 0 N–H and O–H groups in total. The summed E-state index contributed by atoms with van der Waals surface area (Å²) in [5.41, 5.74) is 0.810. The number of carbonyl (C=O) groups is 2. The van der Waals surface area contributed by atoms with Gasteiger partial charge in [0.25, 0.3) is 0 Å². The molecule has 102 valence electrons. The smallest absolute Gasteiger partial charge is 0.310 e. The highest BCUT2D eigenvalue weighted by Crippen LogP contribution is 2.26. The van der Waals surface area contributed by atoms with Crippen molar-refractivity contribution in [2.75, 3.05) is 13.7 Å². The number of rotatable bonds is 3. The molecule has 1 heterocycles. The first-order valence-corrected chi connectivity index (χ1v) is 6.56. The van der Waals surface area contributed by atoms with Gasteiger partial charge in [-0.05, 0) is 17.7 Å². The zero-order chi connectivity index (χ0) is 14.0. The van der Waals surface area contributed by atoms with E-state index in [4.69, 9.17) is 23.2 Å². The molecule has 4 nitrogen and oxygen atoms in total. The van der Waals surface area contributed by atoms with Crippen LogP contribution in [0.3, 0.4) is 0 Å². The number of amides is 1. The van der Waals surface area contributed by atoms with Crippen molar-refractivity contribution in [2.24, 2.45) is 5.92 Å². The van der Waals surface area contributed by atoms with Crippen molar-refractivity contribution in [2.45, 2.75) is 13.0 Å². The highest BCUT2D eigenvalue weighted by molar-refractivity contribution is 6.35. The first-order valence-electron chi connectivity index (χ1n) is 5.80.